The first-order valence-electron chi connectivity index (χ1n) is 4.96. The molecule has 1 unspecified atom stereocenters. The lowest BCUT2D eigenvalue weighted by Gasteiger charge is -2.10. The number of carbonyl (C=O) groups is 2. The van der Waals surface area contributed by atoms with Gasteiger partial charge in [-0.3, -0.25) is 14.7 Å². The largest absolute Gasteiger partial charge is 0.481 e. The number of rotatable bonds is 4. The molecule has 3 N–H and O–H groups in total. The van der Waals surface area contributed by atoms with Crippen LogP contribution in [0.1, 0.15) is 17.9 Å². The highest BCUT2D eigenvalue weighted by Gasteiger charge is 2.25. The van der Waals surface area contributed by atoms with E-state index in [1.165, 1.54) is 0 Å². The molecule has 0 saturated heterocycles. The lowest BCUT2D eigenvalue weighted by molar-refractivity contribution is -0.145. The van der Waals surface area contributed by atoms with Crippen molar-refractivity contribution in [1.29, 1.82) is 0 Å². The highest BCUT2D eigenvalue weighted by Crippen LogP contribution is 2.26. The molecule has 0 saturated carbocycles. The molecule has 0 bridgehead atoms. The number of carboxylic acid groups (broad SMARTS) is 2. The minimum atomic E-state index is -1.16. The Morgan fingerprint density at radius 2 is 2.12 bits per heavy atom. The second-order valence-electron chi connectivity index (χ2n) is 3.67. The highest BCUT2D eigenvalue weighted by molar-refractivity contribution is 5.90. The van der Waals surface area contributed by atoms with E-state index in [9.17, 15) is 9.59 Å². The molecule has 1 heterocycles. The number of H-pyrrole nitrogens is 1. The summed E-state index contributed by atoms with van der Waals surface area (Å²) in [5.41, 5.74) is 1.01. The maximum atomic E-state index is 11.1. The number of nitrogens with one attached hydrogen (secondary N) is 1. The average molecular weight is 234 g/mol. The number of fused-ring (bicyclic) bond motifs is 1. The van der Waals surface area contributed by atoms with Crippen LogP contribution in [0.4, 0.5) is 0 Å². The van der Waals surface area contributed by atoms with E-state index >= 15 is 0 Å². The Morgan fingerprint density at radius 1 is 1.35 bits per heavy atom. The molecule has 1 aromatic heterocycles. The number of hydrogen-bond donors (Lipinski definition) is 3. The molecule has 6 nitrogen and oxygen atoms in total. The SMILES string of the molecule is O=C(O)CC(C(=O)O)c1cccc2cn[nH]c12. The first-order chi connectivity index (χ1) is 8.09. The zero-order chi connectivity index (χ0) is 12.4. The number of para-hydroxylation sites is 1. The minimum absolute atomic E-state index is 0.440. The van der Waals surface area contributed by atoms with Crippen LogP contribution in [-0.4, -0.2) is 32.3 Å². The summed E-state index contributed by atoms with van der Waals surface area (Å²) in [5.74, 6) is -3.37. The Kier molecular flexibility index (Phi) is 2.78. The fourth-order valence-electron chi connectivity index (χ4n) is 1.79. The Hall–Kier alpha value is -2.37. The van der Waals surface area contributed by atoms with Crippen LogP contribution in [0.5, 0.6) is 0 Å². The minimum Gasteiger partial charge on any atom is -0.481 e. The predicted octanol–water partition coefficient (Wildman–Crippen LogP) is 1.21. The van der Waals surface area contributed by atoms with E-state index in [1.807, 2.05) is 0 Å². The van der Waals surface area contributed by atoms with Crippen LogP contribution in [0.2, 0.25) is 0 Å². The Bertz CT molecular complexity index is 576. The maximum Gasteiger partial charge on any atom is 0.311 e. The van der Waals surface area contributed by atoms with Crippen LogP contribution in [-0.2, 0) is 9.59 Å². The van der Waals surface area contributed by atoms with Gasteiger partial charge in [-0.25, -0.2) is 0 Å². The molecule has 1 aromatic carbocycles. The smallest absolute Gasteiger partial charge is 0.311 e. The van der Waals surface area contributed by atoms with Crippen LogP contribution in [0.15, 0.2) is 24.4 Å². The zero-order valence-corrected chi connectivity index (χ0v) is 8.75. The second-order valence-corrected chi connectivity index (χ2v) is 3.67. The molecule has 6 heteroatoms. The highest BCUT2D eigenvalue weighted by atomic mass is 16.4. The van der Waals surface area contributed by atoms with Gasteiger partial charge >= 0.3 is 11.9 Å². The van der Waals surface area contributed by atoms with E-state index in [2.05, 4.69) is 10.2 Å². The van der Waals surface area contributed by atoms with Gasteiger partial charge in [0.15, 0.2) is 0 Å². The van der Waals surface area contributed by atoms with Crippen LogP contribution in [0.25, 0.3) is 10.9 Å². The number of benzene rings is 1. The zero-order valence-electron chi connectivity index (χ0n) is 8.75. The van der Waals surface area contributed by atoms with Crippen molar-refractivity contribution in [3.8, 4) is 0 Å². The van der Waals surface area contributed by atoms with Crippen LogP contribution in [0, 0.1) is 0 Å². The summed E-state index contributed by atoms with van der Waals surface area (Å²) >= 11 is 0. The summed E-state index contributed by atoms with van der Waals surface area (Å²) in [6.45, 7) is 0. The number of aromatic amines is 1. The fourth-order valence-corrected chi connectivity index (χ4v) is 1.79. The Morgan fingerprint density at radius 3 is 2.76 bits per heavy atom. The second kappa shape index (κ2) is 4.25. The molecule has 2 rings (SSSR count). The number of aliphatic carboxylic acids is 2. The molecule has 0 spiro atoms. The third-order valence-electron chi connectivity index (χ3n) is 2.56. The quantitative estimate of drug-likeness (QED) is 0.737. The summed E-state index contributed by atoms with van der Waals surface area (Å²) in [6, 6.07) is 5.06. The fraction of sp³-hybridized carbons (Fsp3) is 0.182. The molecule has 1 atom stereocenters. The number of hydrogen-bond acceptors (Lipinski definition) is 3. The average Bonchev–Trinajstić information content (AvgIpc) is 2.73. The van der Waals surface area contributed by atoms with Crippen molar-refractivity contribution in [2.45, 2.75) is 12.3 Å². The molecule has 0 aliphatic carbocycles. The first kappa shape index (κ1) is 11.1. The predicted molar refractivity (Wildman–Crippen MR) is 58.7 cm³/mol. The van der Waals surface area contributed by atoms with E-state index in [0.29, 0.717) is 11.1 Å². The van der Waals surface area contributed by atoms with Crippen LogP contribution < -0.4 is 0 Å². The van der Waals surface area contributed by atoms with Crippen molar-refractivity contribution in [3.63, 3.8) is 0 Å². The lowest BCUT2D eigenvalue weighted by atomic mass is 9.94. The maximum absolute atomic E-state index is 11.1. The van der Waals surface area contributed by atoms with Crippen molar-refractivity contribution in [1.82, 2.24) is 10.2 Å². The van der Waals surface area contributed by atoms with Gasteiger partial charge in [0.2, 0.25) is 0 Å². The van der Waals surface area contributed by atoms with Gasteiger partial charge in [0.1, 0.15) is 0 Å². The van der Waals surface area contributed by atoms with E-state index in [-0.39, 0.29) is 0 Å². The molecular formula is C11H10N2O4. The van der Waals surface area contributed by atoms with Crippen molar-refractivity contribution in [3.05, 3.63) is 30.0 Å². The monoisotopic (exact) mass is 234 g/mol. The van der Waals surface area contributed by atoms with Crippen molar-refractivity contribution < 1.29 is 19.8 Å². The molecule has 0 aliphatic rings. The number of carboxylic acids is 2. The van der Waals surface area contributed by atoms with E-state index in [1.54, 1.807) is 24.4 Å². The third-order valence-corrected chi connectivity index (χ3v) is 2.56. The Labute approximate surface area is 95.9 Å². The topological polar surface area (TPSA) is 103 Å². The van der Waals surface area contributed by atoms with Gasteiger partial charge in [0, 0.05) is 5.39 Å². The van der Waals surface area contributed by atoms with Crippen LogP contribution >= 0.6 is 0 Å². The summed E-state index contributed by atoms with van der Waals surface area (Å²) in [5, 5.41) is 25.1. The summed E-state index contributed by atoms with van der Waals surface area (Å²) in [4.78, 5) is 21.8. The van der Waals surface area contributed by atoms with Gasteiger partial charge in [0.05, 0.1) is 24.1 Å². The Balaban J connectivity index is 2.51. The summed E-state index contributed by atoms with van der Waals surface area (Å²) in [6.07, 6.45) is 1.12. The van der Waals surface area contributed by atoms with Crippen molar-refractivity contribution in [2.24, 2.45) is 0 Å². The van der Waals surface area contributed by atoms with E-state index in [4.69, 9.17) is 10.2 Å². The van der Waals surface area contributed by atoms with Gasteiger partial charge < -0.3 is 10.2 Å². The summed E-state index contributed by atoms with van der Waals surface area (Å²) < 4.78 is 0. The molecule has 0 aliphatic heterocycles. The molecular weight excluding hydrogens is 224 g/mol. The van der Waals surface area contributed by atoms with Gasteiger partial charge in [-0.05, 0) is 5.56 Å². The van der Waals surface area contributed by atoms with Crippen molar-refractivity contribution in [2.75, 3.05) is 0 Å². The van der Waals surface area contributed by atoms with E-state index in [0.717, 1.165) is 5.39 Å². The molecule has 0 fully saturated rings. The first-order valence-corrected chi connectivity index (χ1v) is 4.96. The van der Waals surface area contributed by atoms with Gasteiger partial charge in [0.25, 0.3) is 0 Å². The lowest BCUT2D eigenvalue weighted by Crippen LogP contribution is -2.16. The third kappa shape index (κ3) is 2.10. The molecule has 2 aromatic rings. The van der Waals surface area contributed by atoms with Gasteiger partial charge in [-0.2, -0.15) is 5.10 Å². The number of nitrogens with zero attached hydrogens (tertiary/aromatic N) is 1. The van der Waals surface area contributed by atoms with Gasteiger partial charge in [-0.1, -0.05) is 18.2 Å². The van der Waals surface area contributed by atoms with Crippen molar-refractivity contribution >= 4 is 22.8 Å². The van der Waals surface area contributed by atoms with Crippen LogP contribution in [0.3, 0.4) is 0 Å². The van der Waals surface area contributed by atoms with Gasteiger partial charge in [-0.15, -0.1) is 0 Å². The summed E-state index contributed by atoms with van der Waals surface area (Å²) in [7, 11) is 0. The number of aromatic nitrogens is 2. The molecule has 0 amide bonds. The molecule has 0 radical (unpaired) electrons. The molecule has 88 valence electrons. The normalized spacial score (nSPS) is 12.5. The standard InChI is InChI=1S/C11H10N2O4/c14-9(15)4-8(11(16)17)7-3-1-2-6-5-12-13-10(6)7/h1-3,5,8H,4H2,(H,12,13)(H,14,15)(H,16,17). The van der Waals surface area contributed by atoms with E-state index < -0.39 is 24.3 Å². The molecule has 17 heavy (non-hydrogen) atoms.